The fourth-order valence-electron chi connectivity index (χ4n) is 3.63. The van der Waals surface area contributed by atoms with Crippen LogP contribution in [-0.4, -0.2) is 54.1 Å². The van der Waals surface area contributed by atoms with Crippen LogP contribution in [0.25, 0.3) is 0 Å². The molecule has 1 saturated heterocycles. The minimum absolute atomic E-state index is 0.0282. The molecule has 0 unspecified atom stereocenters. The van der Waals surface area contributed by atoms with E-state index >= 15 is 0 Å². The van der Waals surface area contributed by atoms with E-state index < -0.39 is 0 Å². The van der Waals surface area contributed by atoms with Gasteiger partial charge in [0.25, 0.3) is 5.91 Å². The van der Waals surface area contributed by atoms with Crippen molar-refractivity contribution in [3.63, 3.8) is 0 Å². The van der Waals surface area contributed by atoms with Gasteiger partial charge in [-0.15, -0.1) is 0 Å². The van der Waals surface area contributed by atoms with Gasteiger partial charge in [0, 0.05) is 49.0 Å². The van der Waals surface area contributed by atoms with Crippen LogP contribution in [0.1, 0.15) is 38.1 Å². The molecule has 33 heavy (non-hydrogen) atoms. The lowest BCUT2D eigenvalue weighted by molar-refractivity contribution is -0.134. The van der Waals surface area contributed by atoms with Gasteiger partial charge in [-0.25, -0.2) is 0 Å². The summed E-state index contributed by atoms with van der Waals surface area (Å²) in [6, 6.07) is 14.9. The van der Waals surface area contributed by atoms with Gasteiger partial charge in [0.2, 0.25) is 5.91 Å². The zero-order chi connectivity index (χ0) is 24.0. The van der Waals surface area contributed by atoms with Gasteiger partial charge in [0.1, 0.15) is 5.75 Å². The standard InChI is InChI=1S/C25H32N4O3S/c1-17(2)24(31)29-14-12-28(13-15-29)21-10-8-20(9-11-21)26-25(33)27-23(30)19-6-5-7-22(16-19)32-18(3)4/h5-11,16-18H,12-15H2,1-4H3,(H2,26,27,30,33). The van der Waals surface area contributed by atoms with Crippen LogP contribution in [0.5, 0.6) is 5.75 Å². The smallest absolute Gasteiger partial charge is 0.257 e. The topological polar surface area (TPSA) is 73.9 Å². The number of amides is 2. The first-order chi connectivity index (χ1) is 15.7. The Labute approximate surface area is 201 Å². The van der Waals surface area contributed by atoms with Crippen LogP contribution in [-0.2, 0) is 4.79 Å². The normalized spacial score (nSPS) is 13.8. The summed E-state index contributed by atoms with van der Waals surface area (Å²) in [6.07, 6.45) is 0.0282. The summed E-state index contributed by atoms with van der Waals surface area (Å²) < 4.78 is 5.64. The lowest BCUT2D eigenvalue weighted by Gasteiger charge is -2.37. The SMILES string of the molecule is CC(C)Oc1cccc(C(=O)NC(=S)Nc2ccc(N3CCN(C(=O)C(C)C)CC3)cc2)c1. The summed E-state index contributed by atoms with van der Waals surface area (Å²) in [5, 5.41) is 5.98. The van der Waals surface area contributed by atoms with E-state index in [1.54, 1.807) is 18.2 Å². The number of hydrogen-bond donors (Lipinski definition) is 2. The van der Waals surface area contributed by atoms with Crippen molar-refractivity contribution >= 4 is 40.5 Å². The highest BCUT2D eigenvalue weighted by Gasteiger charge is 2.22. The average Bonchev–Trinajstić information content (AvgIpc) is 2.79. The van der Waals surface area contributed by atoms with E-state index in [0.29, 0.717) is 11.3 Å². The van der Waals surface area contributed by atoms with Gasteiger partial charge in [-0.3, -0.25) is 14.9 Å². The van der Waals surface area contributed by atoms with Gasteiger partial charge in [0.05, 0.1) is 6.10 Å². The van der Waals surface area contributed by atoms with E-state index in [2.05, 4.69) is 15.5 Å². The summed E-state index contributed by atoms with van der Waals surface area (Å²) in [6.45, 7) is 10.8. The highest BCUT2D eigenvalue weighted by molar-refractivity contribution is 7.80. The molecule has 1 aliphatic rings. The number of benzene rings is 2. The first kappa shape index (κ1) is 24.5. The van der Waals surface area contributed by atoms with E-state index in [9.17, 15) is 9.59 Å². The van der Waals surface area contributed by atoms with Crippen molar-refractivity contribution in [3.8, 4) is 5.75 Å². The molecule has 2 aromatic rings. The molecule has 0 aromatic heterocycles. The van der Waals surface area contributed by atoms with Crippen LogP contribution in [0, 0.1) is 5.92 Å². The third-order valence-corrected chi connectivity index (χ3v) is 5.47. The molecule has 1 heterocycles. The molecule has 1 aliphatic heterocycles. The molecular weight excluding hydrogens is 436 g/mol. The fraction of sp³-hybridized carbons (Fsp3) is 0.400. The quantitative estimate of drug-likeness (QED) is 0.627. The number of thiocarbonyl (C=S) groups is 1. The number of anilines is 2. The molecular formula is C25H32N4O3S. The number of nitrogens with zero attached hydrogens (tertiary/aromatic N) is 2. The molecule has 0 aliphatic carbocycles. The third-order valence-electron chi connectivity index (χ3n) is 5.27. The molecule has 0 bridgehead atoms. The Balaban J connectivity index is 1.51. The van der Waals surface area contributed by atoms with Crippen LogP contribution in [0.2, 0.25) is 0 Å². The molecule has 7 nitrogen and oxygen atoms in total. The van der Waals surface area contributed by atoms with Crippen molar-refractivity contribution in [1.29, 1.82) is 0 Å². The fourth-order valence-corrected chi connectivity index (χ4v) is 3.84. The lowest BCUT2D eigenvalue weighted by Crippen LogP contribution is -2.49. The summed E-state index contributed by atoms with van der Waals surface area (Å²) >= 11 is 5.31. The second-order valence-electron chi connectivity index (χ2n) is 8.62. The highest BCUT2D eigenvalue weighted by atomic mass is 32.1. The third kappa shape index (κ3) is 6.92. The maximum Gasteiger partial charge on any atom is 0.257 e. The molecule has 0 spiro atoms. The second-order valence-corrected chi connectivity index (χ2v) is 9.02. The maximum atomic E-state index is 12.5. The Hall–Kier alpha value is -3.13. The van der Waals surface area contributed by atoms with Crippen LogP contribution >= 0.6 is 12.2 Å². The van der Waals surface area contributed by atoms with E-state index in [1.165, 1.54) is 0 Å². The van der Waals surface area contributed by atoms with Crippen molar-refractivity contribution in [3.05, 3.63) is 54.1 Å². The summed E-state index contributed by atoms with van der Waals surface area (Å²) in [7, 11) is 0. The average molecular weight is 469 g/mol. The van der Waals surface area contributed by atoms with Crippen LogP contribution in [0.4, 0.5) is 11.4 Å². The molecule has 3 rings (SSSR count). The van der Waals surface area contributed by atoms with Gasteiger partial charge in [-0.1, -0.05) is 19.9 Å². The second kappa shape index (κ2) is 11.1. The molecule has 176 valence electrons. The number of carbonyl (C=O) groups is 2. The monoisotopic (exact) mass is 468 g/mol. The molecule has 2 N–H and O–H groups in total. The zero-order valence-corrected chi connectivity index (χ0v) is 20.4. The van der Waals surface area contributed by atoms with Crippen molar-refractivity contribution < 1.29 is 14.3 Å². The molecule has 0 atom stereocenters. The van der Waals surface area contributed by atoms with E-state index in [0.717, 1.165) is 37.6 Å². The molecule has 1 fully saturated rings. The number of rotatable bonds is 6. The summed E-state index contributed by atoms with van der Waals surface area (Å²) in [4.78, 5) is 28.9. The number of ether oxygens (including phenoxy) is 1. The number of carbonyl (C=O) groups excluding carboxylic acids is 2. The Morgan fingerprint density at radius 2 is 1.64 bits per heavy atom. The largest absolute Gasteiger partial charge is 0.491 e. The van der Waals surface area contributed by atoms with E-state index in [4.69, 9.17) is 17.0 Å². The van der Waals surface area contributed by atoms with Crippen LogP contribution < -0.4 is 20.3 Å². The zero-order valence-electron chi connectivity index (χ0n) is 19.6. The Morgan fingerprint density at radius 3 is 2.24 bits per heavy atom. The van der Waals surface area contributed by atoms with Gasteiger partial charge in [-0.05, 0) is 68.5 Å². The first-order valence-electron chi connectivity index (χ1n) is 11.3. The van der Waals surface area contributed by atoms with Crippen molar-refractivity contribution in [2.45, 2.75) is 33.8 Å². The predicted octanol–water partition coefficient (Wildman–Crippen LogP) is 3.91. The minimum Gasteiger partial charge on any atom is -0.491 e. The van der Waals surface area contributed by atoms with E-state index in [1.807, 2.05) is 62.9 Å². The molecule has 0 radical (unpaired) electrons. The van der Waals surface area contributed by atoms with Gasteiger partial charge < -0.3 is 19.9 Å². The Morgan fingerprint density at radius 1 is 0.970 bits per heavy atom. The molecule has 2 amide bonds. The van der Waals surface area contributed by atoms with Gasteiger partial charge >= 0.3 is 0 Å². The van der Waals surface area contributed by atoms with Crippen LogP contribution in [0.3, 0.4) is 0 Å². The molecule has 8 heteroatoms. The van der Waals surface area contributed by atoms with E-state index in [-0.39, 0.29) is 28.9 Å². The Kier molecular flexibility index (Phi) is 8.27. The van der Waals surface area contributed by atoms with Crippen molar-refractivity contribution in [2.75, 3.05) is 36.4 Å². The molecule has 0 saturated carbocycles. The minimum atomic E-state index is -0.299. The maximum absolute atomic E-state index is 12.5. The first-order valence-corrected chi connectivity index (χ1v) is 11.7. The van der Waals surface area contributed by atoms with Crippen molar-refractivity contribution in [2.24, 2.45) is 5.92 Å². The summed E-state index contributed by atoms with van der Waals surface area (Å²) in [5.74, 6) is 0.584. The summed E-state index contributed by atoms with van der Waals surface area (Å²) in [5.41, 5.74) is 2.35. The predicted molar refractivity (Wildman–Crippen MR) is 136 cm³/mol. The highest BCUT2D eigenvalue weighted by Crippen LogP contribution is 2.20. The number of piperazine rings is 1. The van der Waals surface area contributed by atoms with Gasteiger partial charge in [-0.2, -0.15) is 0 Å². The lowest BCUT2D eigenvalue weighted by atomic mass is 10.1. The number of nitrogens with one attached hydrogen (secondary N) is 2. The van der Waals surface area contributed by atoms with Crippen molar-refractivity contribution in [1.82, 2.24) is 10.2 Å². The van der Waals surface area contributed by atoms with Gasteiger partial charge in [0.15, 0.2) is 5.11 Å². The molecule has 2 aromatic carbocycles. The Bertz CT molecular complexity index is 983. The number of hydrogen-bond acceptors (Lipinski definition) is 5. The van der Waals surface area contributed by atoms with Crippen LogP contribution in [0.15, 0.2) is 48.5 Å².